The molecule has 0 radical (unpaired) electrons. The van der Waals surface area contributed by atoms with Crippen LogP contribution in [0.2, 0.25) is 0 Å². The summed E-state index contributed by atoms with van der Waals surface area (Å²) in [5.74, 6) is 0. The van der Waals surface area contributed by atoms with Gasteiger partial charge in [0.1, 0.15) is 0 Å². The van der Waals surface area contributed by atoms with Crippen LogP contribution in [0.1, 0.15) is 24.4 Å². The van der Waals surface area contributed by atoms with Crippen molar-refractivity contribution in [2.75, 3.05) is 0 Å². The minimum atomic E-state index is -3.71. The lowest BCUT2D eigenvalue weighted by Crippen LogP contribution is -2.14. The second-order valence-electron chi connectivity index (χ2n) is 6.62. The first-order valence-corrected chi connectivity index (χ1v) is 10.4. The average Bonchev–Trinajstić information content (AvgIpc) is 2.95. The Bertz CT molecular complexity index is 1030. The molecule has 0 aliphatic carbocycles. The van der Waals surface area contributed by atoms with E-state index in [9.17, 15) is 13.5 Å². The number of nitrogens with two attached hydrogens (primary N) is 1. The Hall–Kier alpha value is -2.06. The van der Waals surface area contributed by atoms with Gasteiger partial charge >= 0.3 is 0 Å². The van der Waals surface area contributed by atoms with Gasteiger partial charge in [-0.2, -0.15) is 0 Å². The molecule has 1 aromatic heterocycles. The van der Waals surface area contributed by atoms with Gasteiger partial charge in [-0.1, -0.05) is 36.4 Å². The lowest BCUT2D eigenvalue weighted by Gasteiger charge is -2.17. The van der Waals surface area contributed by atoms with Crippen molar-refractivity contribution >= 4 is 21.4 Å². The van der Waals surface area contributed by atoms with E-state index >= 15 is 0 Å². The summed E-state index contributed by atoms with van der Waals surface area (Å²) in [4.78, 5) is 5.67. The summed E-state index contributed by atoms with van der Waals surface area (Å²) in [6.45, 7) is 5.42. The molecule has 0 amide bonds. The molecule has 0 fully saturated rings. The highest BCUT2D eigenvalue weighted by molar-refractivity contribution is 7.89. The molecule has 0 unspecified atom stereocenters. The van der Waals surface area contributed by atoms with Gasteiger partial charge in [-0.15, -0.1) is 11.3 Å². The zero-order chi connectivity index (χ0) is 19.1. The van der Waals surface area contributed by atoms with Crippen molar-refractivity contribution in [2.45, 2.75) is 31.3 Å². The highest BCUT2D eigenvalue weighted by Gasteiger charge is 2.18. The second-order valence-corrected chi connectivity index (χ2v) is 9.38. The molecule has 3 aromatic rings. The minimum Gasteiger partial charge on any atom is -0.386 e. The SMILES string of the molecule is Cc1nc(-c2ccc(C(C)(C)O)cc2)c(-c2ccc(S(N)(=O)=O)cc2)s1. The van der Waals surface area contributed by atoms with Crippen LogP contribution < -0.4 is 5.14 Å². The van der Waals surface area contributed by atoms with Crippen LogP contribution in [0.25, 0.3) is 21.7 Å². The van der Waals surface area contributed by atoms with Gasteiger partial charge in [0.25, 0.3) is 0 Å². The zero-order valence-electron chi connectivity index (χ0n) is 14.7. The quantitative estimate of drug-likeness (QED) is 0.713. The smallest absolute Gasteiger partial charge is 0.238 e. The Labute approximate surface area is 157 Å². The van der Waals surface area contributed by atoms with E-state index in [-0.39, 0.29) is 4.90 Å². The van der Waals surface area contributed by atoms with Crippen LogP contribution in [-0.2, 0) is 15.6 Å². The van der Waals surface area contributed by atoms with E-state index in [1.54, 1.807) is 37.3 Å². The summed E-state index contributed by atoms with van der Waals surface area (Å²) in [5.41, 5.74) is 2.57. The molecule has 7 heteroatoms. The number of aryl methyl sites for hydroxylation is 1. The first-order chi connectivity index (χ1) is 12.1. The first kappa shape index (κ1) is 18.7. The van der Waals surface area contributed by atoms with Crippen molar-refractivity contribution in [3.05, 3.63) is 59.1 Å². The first-order valence-electron chi connectivity index (χ1n) is 7.99. The van der Waals surface area contributed by atoms with Crippen molar-refractivity contribution in [1.82, 2.24) is 4.98 Å². The molecule has 3 N–H and O–H groups in total. The minimum absolute atomic E-state index is 0.0820. The number of hydrogen-bond acceptors (Lipinski definition) is 5. The number of nitrogens with zero attached hydrogens (tertiary/aromatic N) is 1. The van der Waals surface area contributed by atoms with Gasteiger partial charge in [0.15, 0.2) is 0 Å². The summed E-state index contributed by atoms with van der Waals surface area (Å²) in [5, 5.41) is 16.2. The third kappa shape index (κ3) is 3.86. The normalized spacial score (nSPS) is 12.3. The van der Waals surface area contributed by atoms with Crippen molar-refractivity contribution < 1.29 is 13.5 Å². The lowest BCUT2D eigenvalue weighted by atomic mass is 9.96. The summed E-state index contributed by atoms with van der Waals surface area (Å²) in [6.07, 6.45) is 0. The lowest BCUT2D eigenvalue weighted by molar-refractivity contribution is 0.0786. The van der Waals surface area contributed by atoms with Crippen LogP contribution in [-0.4, -0.2) is 18.5 Å². The van der Waals surface area contributed by atoms with E-state index in [2.05, 4.69) is 4.98 Å². The van der Waals surface area contributed by atoms with Gasteiger partial charge in [-0.3, -0.25) is 0 Å². The molecule has 0 aliphatic rings. The van der Waals surface area contributed by atoms with E-state index in [4.69, 9.17) is 5.14 Å². The van der Waals surface area contributed by atoms with Gasteiger partial charge in [0, 0.05) is 5.56 Å². The standard InChI is InChI=1S/C19H20N2O3S2/c1-12-21-17(13-4-8-15(9-5-13)19(2,3)22)18(25-12)14-6-10-16(11-7-14)26(20,23)24/h4-11,22H,1-3H3,(H2,20,23,24). The van der Waals surface area contributed by atoms with Gasteiger partial charge in [-0.25, -0.2) is 18.5 Å². The van der Waals surface area contributed by atoms with Crippen LogP contribution >= 0.6 is 11.3 Å². The molecule has 0 bridgehead atoms. The highest BCUT2D eigenvalue weighted by Crippen LogP contribution is 2.37. The average molecular weight is 389 g/mol. The highest BCUT2D eigenvalue weighted by atomic mass is 32.2. The summed E-state index contributed by atoms with van der Waals surface area (Å²) in [7, 11) is -3.71. The van der Waals surface area contributed by atoms with E-state index < -0.39 is 15.6 Å². The predicted octanol–water partition coefficient (Wildman–Crippen LogP) is 3.66. The van der Waals surface area contributed by atoms with E-state index in [0.29, 0.717) is 0 Å². The number of aromatic nitrogens is 1. The molecule has 1 heterocycles. The van der Waals surface area contributed by atoms with E-state index in [1.165, 1.54) is 12.1 Å². The molecule has 0 atom stereocenters. The predicted molar refractivity (Wildman–Crippen MR) is 104 cm³/mol. The van der Waals surface area contributed by atoms with Gasteiger partial charge in [0.2, 0.25) is 10.0 Å². The van der Waals surface area contributed by atoms with E-state index in [1.807, 2.05) is 31.2 Å². The summed E-state index contributed by atoms with van der Waals surface area (Å²) in [6, 6.07) is 14.1. The van der Waals surface area contributed by atoms with Crippen LogP contribution in [0.3, 0.4) is 0 Å². The van der Waals surface area contributed by atoms with Gasteiger partial charge in [-0.05, 0) is 44.0 Å². The maximum absolute atomic E-state index is 11.4. The maximum atomic E-state index is 11.4. The molecule has 26 heavy (non-hydrogen) atoms. The van der Waals surface area contributed by atoms with Crippen molar-refractivity contribution in [1.29, 1.82) is 0 Å². The Kier molecular flexibility index (Phi) is 4.74. The van der Waals surface area contributed by atoms with Crippen LogP contribution in [0, 0.1) is 6.92 Å². The third-order valence-corrected chi connectivity index (χ3v) is 5.99. The molecule has 0 saturated heterocycles. The van der Waals surface area contributed by atoms with Crippen LogP contribution in [0.4, 0.5) is 0 Å². The topological polar surface area (TPSA) is 93.3 Å². The molecule has 0 saturated carbocycles. The van der Waals surface area contributed by atoms with Crippen LogP contribution in [0.15, 0.2) is 53.4 Å². The number of aliphatic hydroxyl groups is 1. The number of rotatable bonds is 4. The van der Waals surface area contributed by atoms with Crippen molar-refractivity contribution in [3.63, 3.8) is 0 Å². The molecule has 5 nitrogen and oxygen atoms in total. The Balaban J connectivity index is 2.04. The molecular weight excluding hydrogens is 368 g/mol. The molecule has 136 valence electrons. The van der Waals surface area contributed by atoms with Gasteiger partial charge < -0.3 is 5.11 Å². The van der Waals surface area contributed by atoms with Gasteiger partial charge in [0.05, 0.1) is 26.1 Å². The fourth-order valence-corrected chi connectivity index (χ4v) is 4.11. The zero-order valence-corrected chi connectivity index (χ0v) is 16.4. The Morgan fingerprint density at radius 3 is 2.04 bits per heavy atom. The number of thiazole rings is 1. The molecular formula is C19H20N2O3S2. The Morgan fingerprint density at radius 1 is 1.00 bits per heavy atom. The van der Waals surface area contributed by atoms with Crippen molar-refractivity contribution in [3.8, 4) is 21.7 Å². The Morgan fingerprint density at radius 2 is 1.54 bits per heavy atom. The molecule has 2 aromatic carbocycles. The monoisotopic (exact) mass is 388 g/mol. The van der Waals surface area contributed by atoms with Crippen LogP contribution in [0.5, 0.6) is 0 Å². The number of benzene rings is 2. The molecule has 0 spiro atoms. The fraction of sp³-hybridized carbons (Fsp3) is 0.211. The summed E-state index contributed by atoms with van der Waals surface area (Å²) >= 11 is 1.54. The van der Waals surface area contributed by atoms with Crippen molar-refractivity contribution in [2.24, 2.45) is 5.14 Å². The number of hydrogen-bond donors (Lipinski definition) is 2. The number of primary sulfonamides is 1. The fourth-order valence-electron chi connectivity index (χ4n) is 2.65. The largest absolute Gasteiger partial charge is 0.386 e. The summed E-state index contributed by atoms with van der Waals surface area (Å²) < 4.78 is 22.9. The molecule has 0 aliphatic heterocycles. The third-order valence-electron chi connectivity index (χ3n) is 4.04. The molecule has 3 rings (SSSR count). The van der Waals surface area contributed by atoms with E-state index in [0.717, 1.165) is 32.3 Å². The number of sulfonamides is 1. The second kappa shape index (κ2) is 6.59. The maximum Gasteiger partial charge on any atom is 0.238 e.